The van der Waals surface area contributed by atoms with E-state index in [1.807, 2.05) is 6.92 Å². The minimum absolute atomic E-state index is 0.216. The Bertz CT molecular complexity index is 557. The number of rotatable bonds is 7. The van der Waals surface area contributed by atoms with Gasteiger partial charge in [0.2, 0.25) is 0 Å². The number of ether oxygens (including phenoxy) is 2. The predicted molar refractivity (Wildman–Crippen MR) is 89.7 cm³/mol. The fraction of sp³-hybridized carbons (Fsp3) is 0.588. The summed E-state index contributed by atoms with van der Waals surface area (Å²) in [5.74, 6) is -0.301. The summed E-state index contributed by atoms with van der Waals surface area (Å²) in [4.78, 5) is 11.9. The zero-order valence-electron chi connectivity index (χ0n) is 14.9. The van der Waals surface area contributed by atoms with Crippen molar-refractivity contribution in [1.29, 1.82) is 0 Å². The molecule has 142 valence electrons. The van der Waals surface area contributed by atoms with E-state index in [-0.39, 0.29) is 11.8 Å². The van der Waals surface area contributed by atoms with Crippen LogP contribution in [0, 0.1) is 0 Å². The van der Waals surface area contributed by atoms with Crippen molar-refractivity contribution >= 4 is 11.8 Å². The summed E-state index contributed by atoms with van der Waals surface area (Å²) in [5.41, 5.74) is -0.133. The van der Waals surface area contributed by atoms with E-state index in [0.29, 0.717) is 18.7 Å². The van der Waals surface area contributed by atoms with Crippen LogP contribution < -0.4 is 15.4 Å². The second kappa shape index (κ2) is 8.82. The highest BCUT2D eigenvalue weighted by Gasteiger charge is 2.31. The highest BCUT2D eigenvalue weighted by atomic mass is 19.4. The topological polar surface area (TPSA) is 59.6 Å². The Morgan fingerprint density at radius 2 is 1.92 bits per heavy atom. The summed E-state index contributed by atoms with van der Waals surface area (Å²) >= 11 is 0. The molecular formula is C17H25F3N2O3. The van der Waals surface area contributed by atoms with Gasteiger partial charge in [0.05, 0.1) is 0 Å². The Kier molecular flexibility index (Phi) is 7.38. The van der Waals surface area contributed by atoms with Crippen LogP contribution in [0.15, 0.2) is 24.3 Å². The molecule has 0 bridgehead atoms. The van der Waals surface area contributed by atoms with E-state index < -0.39 is 18.1 Å². The van der Waals surface area contributed by atoms with Crippen LogP contribution in [0.4, 0.5) is 23.7 Å². The first-order valence-electron chi connectivity index (χ1n) is 8.07. The highest BCUT2D eigenvalue weighted by molar-refractivity contribution is 5.68. The third kappa shape index (κ3) is 9.69. The molecule has 0 aliphatic rings. The van der Waals surface area contributed by atoms with Gasteiger partial charge in [-0.1, -0.05) is 19.4 Å². The molecule has 0 saturated heterocycles. The Morgan fingerprint density at radius 1 is 1.24 bits per heavy atom. The average molecular weight is 362 g/mol. The number of amides is 1. The molecule has 8 heteroatoms. The van der Waals surface area contributed by atoms with Crippen molar-refractivity contribution in [2.45, 2.75) is 58.5 Å². The molecule has 0 aromatic heterocycles. The van der Waals surface area contributed by atoms with Gasteiger partial charge in [-0.05, 0) is 39.3 Å². The Hall–Kier alpha value is -2.12. The van der Waals surface area contributed by atoms with Crippen LogP contribution in [-0.4, -0.2) is 30.6 Å². The molecule has 1 rings (SSSR count). The number of carbonyl (C=O) groups is 1. The number of nitrogens with one attached hydrogen (secondary N) is 2. The summed E-state index contributed by atoms with van der Waals surface area (Å²) in [6.07, 6.45) is -3.73. The molecule has 1 aromatic carbocycles. The summed E-state index contributed by atoms with van der Waals surface area (Å²) < 4.78 is 45.9. The number of anilines is 1. The Morgan fingerprint density at radius 3 is 2.48 bits per heavy atom. The summed E-state index contributed by atoms with van der Waals surface area (Å²) in [7, 11) is 0. The number of hydrogen-bond donors (Lipinski definition) is 2. The van der Waals surface area contributed by atoms with Gasteiger partial charge in [0.15, 0.2) is 0 Å². The predicted octanol–water partition coefficient (Wildman–Crippen LogP) is 4.69. The van der Waals surface area contributed by atoms with Crippen molar-refractivity contribution < 1.29 is 27.4 Å². The van der Waals surface area contributed by atoms with Gasteiger partial charge in [-0.2, -0.15) is 0 Å². The maximum Gasteiger partial charge on any atom is 0.573 e. The van der Waals surface area contributed by atoms with Gasteiger partial charge in [-0.15, -0.1) is 13.2 Å². The van der Waals surface area contributed by atoms with E-state index >= 15 is 0 Å². The van der Waals surface area contributed by atoms with Gasteiger partial charge in [-0.3, -0.25) is 0 Å². The van der Waals surface area contributed by atoms with Crippen molar-refractivity contribution in [3.63, 3.8) is 0 Å². The summed E-state index contributed by atoms with van der Waals surface area (Å²) in [6, 6.07) is 5.34. The van der Waals surface area contributed by atoms with Gasteiger partial charge in [0, 0.05) is 24.3 Å². The van der Waals surface area contributed by atoms with E-state index in [2.05, 4.69) is 15.4 Å². The first-order chi connectivity index (χ1) is 11.5. The molecule has 0 aliphatic carbocycles. The monoisotopic (exact) mass is 362 g/mol. The smallest absolute Gasteiger partial charge is 0.444 e. The van der Waals surface area contributed by atoms with Gasteiger partial charge < -0.3 is 20.1 Å². The van der Waals surface area contributed by atoms with Crippen molar-refractivity contribution in [3.05, 3.63) is 24.3 Å². The molecule has 1 aromatic rings. The first kappa shape index (κ1) is 20.9. The van der Waals surface area contributed by atoms with E-state index in [9.17, 15) is 18.0 Å². The quantitative estimate of drug-likeness (QED) is 0.739. The van der Waals surface area contributed by atoms with Gasteiger partial charge in [0.1, 0.15) is 11.4 Å². The molecule has 0 heterocycles. The maximum atomic E-state index is 12.3. The molecule has 25 heavy (non-hydrogen) atoms. The number of halogens is 3. The standard InChI is InChI=1S/C17H25F3N2O3/c1-5-7-13(22-15(23)25-16(2,3)4)11-21-12-8-6-9-14(10-12)24-17(18,19)20/h6,8-10,13,21H,5,7,11H2,1-4H3,(H,22,23)/t13-/m0/s1. The van der Waals surface area contributed by atoms with Crippen molar-refractivity contribution in [2.75, 3.05) is 11.9 Å². The minimum Gasteiger partial charge on any atom is -0.444 e. The fourth-order valence-electron chi connectivity index (χ4n) is 2.09. The van der Waals surface area contributed by atoms with E-state index in [1.165, 1.54) is 18.2 Å². The Balaban J connectivity index is 2.62. The Labute approximate surface area is 145 Å². The maximum absolute atomic E-state index is 12.3. The lowest BCUT2D eigenvalue weighted by molar-refractivity contribution is -0.274. The van der Waals surface area contributed by atoms with Crippen molar-refractivity contribution in [2.24, 2.45) is 0 Å². The second-order valence-electron chi connectivity index (χ2n) is 6.59. The molecule has 1 amide bonds. The van der Waals surface area contributed by atoms with Crippen molar-refractivity contribution in [1.82, 2.24) is 5.32 Å². The third-order valence-corrected chi connectivity index (χ3v) is 2.98. The van der Waals surface area contributed by atoms with Crippen LogP contribution in [0.25, 0.3) is 0 Å². The largest absolute Gasteiger partial charge is 0.573 e. The average Bonchev–Trinajstić information content (AvgIpc) is 2.41. The van der Waals surface area contributed by atoms with Gasteiger partial charge in [0.25, 0.3) is 0 Å². The third-order valence-electron chi connectivity index (χ3n) is 2.98. The number of alkyl carbamates (subject to hydrolysis) is 1. The van der Waals surface area contributed by atoms with Crippen LogP contribution in [0.2, 0.25) is 0 Å². The van der Waals surface area contributed by atoms with E-state index in [1.54, 1.807) is 26.8 Å². The highest BCUT2D eigenvalue weighted by Crippen LogP contribution is 2.25. The molecule has 2 N–H and O–H groups in total. The molecule has 0 aliphatic heterocycles. The number of alkyl halides is 3. The van der Waals surface area contributed by atoms with Crippen molar-refractivity contribution in [3.8, 4) is 5.75 Å². The molecule has 0 spiro atoms. The molecule has 0 saturated carbocycles. The molecule has 0 fully saturated rings. The van der Waals surface area contributed by atoms with Crippen LogP contribution in [0.1, 0.15) is 40.5 Å². The molecule has 0 unspecified atom stereocenters. The van der Waals surface area contributed by atoms with E-state index in [0.717, 1.165) is 6.42 Å². The molecule has 5 nitrogen and oxygen atoms in total. The molecular weight excluding hydrogens is 337 g/mol. The zero-order valence-corrected chi connectivity index (χ0v) is 14.9. The minimum atomic E-state index is -4.73. The SMILES string of the molecule is CCC[C@@H](CNc1cccc(OC(F)(F)F)c1)NC(=O)OC(C)(C)C. The number of carbonyl (C=O) groups excluding carboxylic acids is 1. The molecule has 0 radical (unpaired) electrons. The van der Waals surface area contributed by atoms with Crippen LogP contribution in [-0.2, 0) is 4.74 Å². The lowest BCUT2D eigenvalue weighted by atomic mass is 10.1. The number of hydrogen-bond acceptors (Lipinski definition) is 4. The summed E-state index contributed by atoms with van der Waals surface area (Å²) in [5, 5.41) is 5.77. The number of benzene rings is 1. The van der Waals surface area contributed by atoms with Gasteiger partial charge in [-0.25, -0.2) is 4.79 Å². The van der Waals surface area contributed by atoms with Crippen LogP contribution >= 0.6 is 0 Å². The zero-order chi connectivity index (χ0) is 19.1. The lowest BCUT2D eigenvalue weighted by Gasteiger charge is -2.24. The van der Waals surface area contributed by atoms with Crippen LogP contribution in [0.5, 0.6) is 5.75 Å². The summed E-state index contributed by atoms with van der Waals surface area (Å²) in [6.45, 7) is 7.63. The first-order valence-corrected chi connectivity index (χ1v) is 8.07. The lowest BCUT2D eigenvalue weighted by Crippen LogP contribution is -2.42. The fourth-order valence-corrected chi connectivity index (χ4v) is 2.09. The second-order valence-corrected chi connectivity index (χ2v) is 6.59. The normalized spacial score (nSPS) is 13.1. The van der Waals surface area contributed by atoms with Crippen LogP contribution in [0.3, 0.4) is 0 Å². The van der Waals surface area contributed by atoms with E-state index in [4.69, 9.17) is 4.74 Å². The molecule has 1 atom stereocenters. The van der Waals surface area contributed by atoms with Gasteiger partial charge >= 0.3 is 12.5 Å².